The fraction of sp³-hybridized carbons (Fsp3) is 0.400. The van der Waals surface area contributed by atoms with E-state index >= 15 is 0 Å². The van der Waals surface area contributed by atoms with Gasteiger partial charge in [0.05, 0.1) is 0 Å². The number of benzene rings is 1. The third-order valence-corrected chi connectivity index (χ3v) is 2.78. The number of rotatable bonds is 6. The lowest BCUT2D eigenvalue weighted by molar-refractivity contribution is -0.139. The second kappa shape index (κ2) is 7.42. The van der Waals surface area contributed by atoms with Crippen molar-refractivity contribution in [1.82, 2.24) is 5.32 Å². The first-order chi connectivity index (χ1) is 9.79. The predicted octanol–water partition coefficient (Wildman–Crippen LogP) is 1.87. The van der Waals surface area contributed by atoms with Crippen molar-refractivity contribution in [2.75, 3.05) is 5.32 Å². The van der Waals surface area contributed by atoms with Crippen molar-refractivity contribution in [1.29, 1.82) is 0 Å². The van der Waals surface area contributed by atoms with E-state index in [4.69, 9.17) is 5.11 Å². The molecule has 0 aliphatic heterocycles. The zero-order chi connectivity index (χ0) is 16.0. The van der Waals surface area contributed by atoms with E-state index in [9.17, 15) is 14.4 Å². The van der Waals surface area contributed by atoms with Crippen molar-refractivity contribution in [3.8, 4) is 0 Å². The minimum Gasteiger partial charge on any atom is -0.480 e. The molecule has 1 rings (SSSR count). The molecule has 3 N–H and O–H groups in total. The van der Waals surface area contributed by atoms with E-state index in [1.54, 1.807) is 12.1 Å². The lowest BCUT2D eigenvalue weighted by Gasteiger charge is -2.16. The number of carbonyl (C=O) groups excluding carboxylic acids is 2. The van der Waals surface area contributed by atoms with Crippen molar-refractivity contribution in [3.05, 3.63) is 29.8 Å². The van der Waals surface area contributed by atoms with Crippen LogP contribution in [0.5, 0.6) is 0 Å². The molecule has 0 aromatic heterocycles. The molecule has 0 unspecified atom stereocenters. The van der Waals surface area contributed by atoms with Crippen molar-refractivity contribution >= 4 is 23.5 Å². The number of anilines is 1. The van der Waals surface area contributed by atoms with E-state index < -0.39 is 17.9 Å². The summed E-state index contributed by atoms with van der Waals surface area (Å²) in [6.07, 6.45) is 0.366. The molecule has 6 heteroatoms. The van der Waals surface area contributed by atoms with Gasteiger partial charge in [0.25, 0.3) is 5.91 Å². The second-order valence-electron chi connectivity index (χ2n) is 5.25. The summed E-state index contributed by atoms with van der Waals surface area (Å²) in [5.41, 5.74) is 0.926. The molecule has 0 aliphatic carbocycles. The van der Waals surface area contributed by atoms with Crippen LogP contribution in [-0.4, -0.2) is 28.9 Å². The number of carboxylic acid groups (broad SMARTS) is 1. The lowest BCUT2D eigenvalue weighted by atomic mass is 10.0. The molecule has 1 aromatic carbocycles. The van der Waals surface area contributed by atoms with Crippen LogP contribution in [0.2, 0.25) is 0 Å². The summed E-state index contributed by atoms with van der Waals surface area (Å²) >= 11 is 0. The van der Waals surface area contributed by atoms with Gasteiger partial charge in [0.2, 0.25) is 5.91 Å². The van der Waals surface area contributed by atoms with Crippen molar-refractivity contribution in [2.45, 2.75) is 33.2 Å². The van der Waals surface area contributed by atoms with Gasteiger partial charge in [-0.05, 0) is 36.6 Å². The molecule has 114 valence electrons. The fourth-order valence-corrected chi connectivity index (χ4v) is 1.84. The summed E-state index contributed by atoms with van der Waals surface area (Å²) in [6.45, 7) is 5.18. The first-order valence-electron chi connectivity index (χ1n) is 6.71. The monoisotopic (exact) mass is 292 g/mol. The molecule has 6 nitrogen and oxygen atoms in total. The van der Waals surface area contributed by atoms with Crippen LogP contribution >= 0.6 is 0 Å². The molecule has 2 amide bonds. The molecule has 0 radical (unpaired) electrons. The second-order valence-corrected chi connectivity index (χ2v) is 5.25. The smallest absolute Gasteiger partial charge is 0.326 e. The van der Waals surface area contributed by atoms with E-state index in [-0.39, 0.29) is 11.8 Å². The molecule has 0 aliphatic rings. The summed E-state index contributed by atoms with van der Waals surface area (Å²) in [5, 5.41) is 14.2. The predicted molar refractivity (Wildman–Crippen MR) is 79.1 cm³/mol. The van der Waals surface area contributed by atoms with E-state index in [0.29, 0.717) is 17.7 Å². The number of hydrogen-bond donors (Lipinski definition) is 3. The van der Waals surface area contributed by atoms with E-state index in [2.05, 4.69) is 10.6 Å². The van der Waals surface area contributed by atoms with E-state index in [1.165, 1.54) is 19.1 Å². The Morgan fingerprint density at radius 3 is 2.14 bits per heavy atom. The quantitative estimate of drug-likeness (QED) is 0.746. The Morgan fingerprint density at radius 2 is 1.71 bits per heavy atom. The molecule has 0 heterocycles. The van der Waals surface area contributed by atoms with Crippen molar-refractivity contribution < 1.29 is 19.5 Å². The molecule has 1 aromatic rings. The Balaban J connectivity index is 2.73. The summed E-state index contributed by atoms with van der Waals surface area (Å²) in [7, 11) is 0. The highest BCUT2D eigenvalue weighted by molar-refractivity contribution is 5.97. The molecule has 21 heavy (non-hydrogen) atoms. The molecule has 0 saturated heterocycles. The number of amides is 2. The number of carbonyl (C=O) groups is 3. The van der Waals surface area contributed by atoms with Gasteiger partial charge in [0, 0.05) is 18.2 Å². The Hall–Kier alpha value is -2.37. The average Bonchev–Trinajstić information content (AvgIpc) is 2.37. The average molecular weight is 292 g/mol. The van der Waals surface area contributed by atoms with Gasteiger partial charge in [-0.15, -0.1) is 0 Å². The summed E-state index contributed by atoms with van der Waals surface area (Å²) in [5.74, 6) is -1.53. The van der Waals surface area contributed by atoms with Crippen molar-refractivity contribution in [2.24, 2.45) is 5.92 Å². The zero-order valence-corrected chi connectivity index (χ0v) is 12.3. The summed E-state index contributed by atoms with van der Waals surface area (Å²) in [6, 6.07) is 5.35. The number of carboxylic acids is 1. The fourth-order valence-electron chi connectivity index (χ4n) is 1.84. The molecule has 1 atom stereocenters. The van der Waals surface area contributed by atoms with Gasteiger partial charge >= 0.3 is 5.97 Å². The van der Waals surface area contributed by atoms with Crippen LogP contribution in [0.3, 0.4) is 0 Å². The molecular weight excluding hydrogens is 272 g/mol. The van der Waals surface area contributed by atoms with Crippen LogP contribution in [-0.2, 0) is 9.59 Å². The van der Waals surface area contributed by atoms with Crippen LogP contribution in [0.1, 0.15) is 37.6 Å². The maximum atomic E-state index is 12.0. The first-order valence-corrected chi connectivity index (χ1v) is 6.71. The summed E-state index contributed by atoms with van der Waals surface area (Å²) < 4.78 is 0. The minimum absolute atomic E-state index is 0.161. The van der Waals surface area contributed by atoms with Crippen LogP contribution in [0, 0.1) is 5.92 Å². The number of hydrogen-bond acceptors (Lipinski definition) is 3. The SMILES string of the molecule is CC(=O)Nc1ccc(C(=O)N[C@@H](CC(C)C)C(=O)O)cc1. The molecule has 0 fully saturated rings. The summed E-state index contributed by atoms with van der Waals surface area (Å²) in [4.78, 5) is 34.0. The number of aliphatic carboxylic acids is 1. The van der Waals surface area contributed by atoms with Gasteiger partial charge in [-0.1, -0.05) is 13.8 Å². The largest absolute Gasteiger partial charge is 0.480 e. The maximum Gasteiger partial charge on any atom is 0.326 e. The van der Waals surface area contributed by atoms with Gasteiger partial charge in [-0.3, -0.25) is 9.59 Å². The zero-order valence-electron chi connectivity index (χ0n) is 12.3. The normalized spacial score (nSPS) is 11.8. The highest BCUT2D eigenvalue weighted by Crippen LogP contribution is 2.11. The van der Waals surface area contributed by atoms with Gasteiger partial charge in [0.1, 0.15) is 6.04 Å². The Bertz CT molecular complexity index is 523. The van der Waals surface area contributed by atoms with Crippen LogP contribution in [0.15, 0.2) is 24.3 Å². The molecule has 0 spiro atoms. The van der Waals surface area contributed by atoms with Gasteiger partial charge in [-0.2, -0.15) is 0 Å². The first kappa shape index (κ1) is 16.7. The standard InChI is InChI=1S/C15H20N2O4/c1-9(2)8-13(15(20)21)17-14(19)11-4-6-12(7-5-11)16-10(3)18/h4-7,9,13H,8H2,1-3H3,(H,16,18)(H,17,19)(H,20,21)/t13-/m0/s1. The molecule has 0 saturated carbocycles. The lowest BCUT2D eigenvalue weighted by Crippen LogP contribution is -2.41. The van der Waals surface area contributed by atoms with Crippen molar-refractivity contribution in [3.63, 3.8) is 0 Å². The maximum absolute atomic E-state index is 12.0. The van der Waals surface area contributed by atoms with Crippen LogP contribution in [0.25, 0.3) is 0 Å². The number of nitrogens with one attached hydrogen (secondary N) is 2. The molecular formula is C15H20N2O4. The Morgan fingerprint density at radius 1 is 1.14 bits per heavy atom. The van der Waals surface area contributed by atoms with Crippen LogP contribution < -0.4 is 10.6 Å². The van der Waals surface area contributed by atoms with Crippen LogP contribution in [0.4, 0.5) is 5.69 Å². The topological polar surface area (TPSA) is 95.5 Å². The highest BCUT2D eigenvalue weighted by Gasteiger charge is 2.21. The minimum atomic E-state index is -1.05. The van der Waals surface area contributed by atoms with Gasteiger partial charge in [-0.25, -0.2) is 4.79 Å². The highest BCUT2D eigenvalue weighted by atomic mass is 16.4. The third-order valence-electron chi connectivity index (χ3n) is 2.78. The van der Waals surface area contributed by atoms with Gasteiger partial charge < -0.3 is 15.7 Å². The Labute approximate surface area is 123 Å². The third kappa shape index (κ3) is 5.64. The van der Waals surface area contributed by atoms with E-state index in [0.717, 1.165) is 0 Å². The Kier molecular flexibility index (Phi) is 5.90. The molecule has 0 bridgehead atoms. The van der Waals surface area contributed by atoms with Gasteiger partial charge in [0.15, 0.2) is 0 Å². The van der Waals surface area contributed by atoms with E-state index in [1.807, 2.05) is 13.8 Å².